The van der Waals surface area contributed by atoms with Gasteiger partial charge in [-0.15, -0.1) is 0 Å². The van der Waals surface area contributed by atoms with Crippen molar-refractivity contribution < 1.29 is 0 Å². The van der Waals surface area contributed by atoms with Crippen LogP contribution < -0.4 is 0 Å². The average molecular weight is 191 g/mol. The van der Waals surface area contributed by atoms with E-state index < -0.39 is 0 Å². The van der Waals surface area contributed by atoms with Gasteiger partial charge in [0.2, 0.25) is 0 Å². The van der Waals surface area contributed by atoms with E-state index in [1.807, 2.05) is 0 Å². The molecule has 0 aromatic rings. The maximum atomic E-state index is 3.45. The fourth-order valence-electron chi connectivity index (χ4n) is 0.479. The molecule has 0 fully saturated rings. The molecule has 2 atom stereocenters. The van der Waals surface area contributed by atoms with Crippen LogP contribution in [0.1, 0.15) is 27.2 Å². The van der Waals surface area contributed by atoms with Crippen molar-refractivity contribution in [1.29, 1.82) is 0 Å². The summed E-state index contributed by atoms with van der Waals surface area (Å²) in [5, 5.41) is 0. The summed E-state index contributed by atoms with van der Waals surface area (Å²) in [5.41, 5.74) is 0. The first-order valence-corrected chi connectivity index (χ1v) is 4.40. The summed E-state index contributed by atoms with van der Waals surface area (Å²) in [6, 6.07) is 0. The molecule has 0 radical (unpaired) electrons. The van der Waals surface area contributed by atoms with Crippen LogP contribution in [0.2, 0.25) is 0 Å². The Kier molecular flexibility index (Phi) is 5.16. The van der Waals surface area contributed by atoms with Crippen molar-refractivity contribution in [1.82, 2.24) is 0 Å². The molecular weight excluding hydrogens is 176 g/mol. The first-order chi connectivity index (χ1) is 4.16. The van der Waals surface area contributed by atoms with Crippen molar-refractivity contribution in [3.63, 3.8) is 0 Å². The maximum Gasteiger partial charge on any atom is 0.0297 e. The van der Waals surface area contributed by atoms with Crippen LogP contribution in [0.5, 0.6) is 0 Å². The summed E-state index contributed by atoms with van der Waals surface area (Å²) in [7, 11) is 0. The fraction of sp³-hybridized carbons (Fsp3) is 0.750. The SMILES string of the molecule is CCC(C)/C=C\C(C)Br. The quantitative estimate of drug-likeness (QED) is 0.473. The summed E-state index contributed by atoms with van der Waals surface area (Å²) in [5.74, 6) is 0.727. The minimum atomic E-state index is 0.520. The lowest BCUT2D eigenvalue weighted by atomic mass is 10.1. The molecule has 0 aliphatic heterocycles. The highest BCUT2D eigenvalue weighted by atomic mass is 79.9. The molecule has 0 aliphatic rings. The Morgan fingerprint density at radius 1 is 1.33 bits per heavy atom. The number of rotatable bonds is 3. The van der Waals surface area contributed by atoms with E-state index in [2.05, 4.69) is 48.9 Å². The van der Waals surface area contributed by atoms with E-state index in [1.54, 1.807) is 0 Å². The highest BCUT2D eigenvalue weighted by Gasteiger charge is 1.91. The van der Waals surface area contributed by atoms with Crippen molar-refractivity contribution in [3.8, 4) is 0 Å². The van der Waals surface area contributed by atoms with E-state index in [0.29, 0.717) is 4.83 Å². The highest BCUT2D eigenvalue weighted by molar-refractivity contribution is 9.09. The normalized spacial score (nSPS) is 18.2. The molecule has 0 nitrogen and oxygen atoms in total. The monoisotopic (exact) mass is 190 g/mol. The third-order valence-corrected chi connectivity index (χ3v) is 1.65. The van der Waals surface area contributed by atoms with Gasteiger partial charge >= 0.3 is 0 Å². The third-order valence-electron chi connectivity index (χ3n) is 1.35. The molecule has 0 saturated carbocycles. The van der Waals surface area contributed by atoms with Crippen molar-refractivity contribution in [2.45, 2.75) is 32.0 Å². The Bertz CT molecular complexity index is 84.6. The van der Waals surface area contributed by atoms with E-state index in [4.69, 9.17) is 0 Å². The number of alkyl halides is 1. The molecule has 0 aromatic carbocycles. The van der Waals surface area contributed by atoms with Crippen LogP contribution in [0.3, 0.4) is 0 Å². The van der Waals surface area contributed by atoms with Crippen LogP contribution in [0.4, 0.5) is 0 Å². The fourth-order valence-corrected chi connectivity index (χ4v) is 0.655. The van der Waals surface area contributed by atoms with Gasteiger partial charge in [-0.25, -0.2) is 0 Å². The molecule has 0 amide bonds. The van der Waals surface area contributed by atoms with Gasteiger partial charge in [0.15, 0.2) is 0 Å². The van der Waals surface area contributed by atoms with Gasteiger partial charge < -0.3 is 0 Å². The summed E-state index contributed by atoms with van der Waals surface area (Å²) < 4.78 is 0. The Morgan fingerprint density at radius 2 is 1.89 bits per heavy atom. The maximum absolute atomic E-state index is 3.45. The highest BCUT2D eigenvalue weighted by Crippen LogP contribution is 2.05. The van der Waals surface area contributed by atoms with Crippen LogP contribution >= 0.6 is 15.9 Å². The smallest absolute Gasteiger partial charge is 0.0297 e. The zero-order valence-corrected chi connectivity index (χ0v) is 7.98. The van der Waals surface area contributed by atoms with Gasteiger partial charge in [0.1, 0.15) is 0 Å². The number of halogens is 1. The number of allylic oxidation sites excluding steroid dienone is 2. The molecule has 9 heavy (non-hydrogen) atoms. The molecular formula is C8H15Br. The molecule has 0 N–H and O–H groups in total. The summed E-state index contributed by atoms with van der Waals surface area (Å²) >= 11 is 3.45. The zero-order valence-electron chi connectivity index (χ0n) is 6.39. The molecule has 0 heterocycles. The average Bonchev–Trinajstić information content (AvgIpc) is 1.83. The predicted octanol–water partition coefficient (Wildman–Crippen LogP) is 3.37. The standard InChI is InChI=1S/C8H15Br/c1-4-7(2)5-6-8(3)9/h5-8H,4H2,1-3H3/b6-5-. The van der Waals surface area contributed by atoms with Crippen LogP contribution in [0.25, 0.3) is 0 Å². The van der Waals surface area contributed by atoms with E-state index in [9.17, 15) is 0 Å². The topological polar surface area (TPSA) is 0 Å². The molecule has 0 aliphatic carbocycles. The molecule has 0 spiro atoms. The second-order valence-corrected chi connectivity index (χ2v) is 3.89. The van der Waals surface area contributed by atoms with E-state index in [0.717, 1.165) is 5.92 Å². The predicted molar refractivity (Wildman–Crippen MR) is 47.0 cm³/mol. The molecule has 0 rings (SSSR count). The Morgan fingerprint density at radius 3 is 2.22 bits per heavy atom. The summed E-state index contributed by atoms with van der Waals surface area (Å²) in [6.07, 6.45) is 5.67. The Balaban J connectivity index is 3.43. The van der Waals surface area contributed by atoms with Crippen molar-refractivity contribution >= 4 is 15.9 Å². The van der Waals surface area contributed by atoms with Gasteiger partial charge in [0.05, 0.1) is 0 Å². The first-order valence-electron chi connectivity index (χ1n) is 3.49. The van der Waals surface area contributed by atoms with Crippen LogP contribution in [-0.4, -0.2) is 4.83 Å². The number of hydrogen-bond donors (Lipinski definition) is 0. The number of hydrogen-bond acceptors (Lipinski definition) is 0. The lowest BCUT2D eigenvalue weighted by Crippen LogP contribution is -1.87. The van der Waals surface area contributed by atoms with Crippen molar-refractivity contribution in [2.75, 3.05) is 0 Å². The van der Waals surface area contributed by atoms with Crippen molar-refractivity contribution in [2.24, 2.45) is 5.92 Å². The van der Waals surface area contributed by atoms with Gasteiger partial charge in [-0.1, -0.05) is 48.4 Å². The minimum Gasteiger partial charge on any atom is -0.0848 e. The Hall–Kier alpha value is 0.220. The first kappa shape index (κ1) is 9.22. The van der Waals surface area contributed by atoms with Crippen molar-refractivity contribution in [3.05, 3.63) is 12.2 Å². The minimum absolute atomic E-state index is 0.520. The van der Waals surface area contributed by atoms with Crippen LogP contribution in [-0.2, 0) is 0 Å². The lowest BCUT2D eigenvalue weighted by Gasteiger charge is -1.99. The second-order valence-electron chi connectivity index (χ2n) is 2.45. The van der Waals surface area contributed by atoms with E-state index in [1.165, 1.54) is 6.42 Å². The van der Waals surface area contributed by atoms with Gasteiger partial charge in [0.25, 0.3) is 0 Å². The Labute approximate surface area is 66.5 Å². The third kappa shape index (κ3) is 6.10. The molecule has 0 saturated heterocycles. The van der Waals surface area contributed by atoms with Gasteiger partial charge in [-0.2, -0.15) is 0 Å². The summed E-state index contributed by atoms with van der Waals surface area (Å²) in [4.78, 5) is 0.520. The van der Waals surface area contributed by atoms with Crippen LogP contribution in [0.15, 0.2) is 12.2 Å². The van der Waals surface area contributed by atoms with E-state index >= 15 is 0 Å². The van der Waals surface area contributed by atoms with Gasteiger partial charge in [-0.05, 0) is 12.8 Å². The van der Waals surface area contributed by atoms with Gasteiger partial charge in [-0.3, -0.25) is 0 Å². The van der Waals surface area contributed by atoms with Crippen LogP contribution in [0, 0.1) is 5.92 Å². The molecule has 1 heteroatoms. The lowest BCUT2D eigenvalue weighted by molar-refractivity contribution is 0.696. The molecule has 0 aromatic heterocycles. The second kappa shape index (κ2) is 5.04. The zero-order chi connectivity index (χ0) is 7.28. The molecule has 54 valence electrons. The van der Waals surface area contributed by atoms with E-state index in [-0.39, 0.29) is 0 Å². The molecule has 0 bridgehead atoms. The van der Waals surface area contributed by atoms with Gasteiger partial charge in [0, 0.05) is 4.83 Å². The largest absolute Gasteiger partial charge is 0.0848 e. The molecule has 2 unspecified atom stereocenters. The summed E-state index contributed by atoms with van der Waals surface area (Å²) in [6.45, 7) is 6.55.